The number of amides is 1. The largest absolute Gasteiger partial charge is 0.383 e. The third-order valence-electron chi connectivity index (χ3n) is 3.71. The number of aliphatic imine (C=N–C) groups is 1. The zero-order valence-corrected chi connectivity index (χ0v) is 15.0. The molecule has 138 valence electrons. The summed E-state index contributed by atoms with van der Waals surface area (Å²) in [5.74, 6) is -0.710. The number of nitrogens with zero attached hydrogens (tertiary/aromatic N) is 2. The normalized spacial score (nSPS) is 10.9. The Morgan fingerprint density at radius 3 is 2.96 bits per heavy atom. The van der Waals surface area contributed by atoms with Gasteiger partial charge < -0.3 is 15.6 Å². The van der Waals surface area contributed by atoms with Gasteiger partial charge in [0.1, 0.15) is 5.82 Å². The molecule has 0 aliphatic rings. The second-order valence-corrected chi connectivity index (χ2v) is 6.09. The van der Waals surface area contributed by atoms with E-state index >= 15 is 0 Å². The van der Waals surface area contributed by atoms with Crippen molar-refractivity contribution in [3.63, 3.8) is 0 Å². The van der Waals surface area contributed by atoms with Crippen molar-refractivity contribution in [3.05, 3.63) is 77.1 Å². The van der Waals surface area contributed by atoms with Crippen molar-refractivity contribution in [1.82, 2.24) is 15.3 Å². The summed E-state index contributed by atoms with van der Waals surface area (Å²) in [5, 5.41) is 6.18. The summed E-state index contributed by atoms with van der Waals surface area (Å²) >= 11 is 5.88. The number of hydrogen-bond donors (Lipinski definition) is 3. The molecule has 0 saturated heterocycles. The number of aromatic amines is 1. The highest BCUT2D eigenvalue weighted by Gasteiger charge is 2.05. The van der Waals surface area contributed by atoms with E-state index in [4.69, 9.17) is 11.6 Å². The van der Waals surface area contributed by atoms with Gasteiger partial charge in [0, 0.05) is 35.4 Å². The Morgan fingerprint density at radius 1 is 1.30 bits per heavy atom. The van der Waals surface area contributed by atoms with E-state index in [0.717, 1.165) is 5.69 Å². The first kappa shape index (κ1) is 18.6. The third-order valence-corrected chi connectivity index (χ3v) is 3.94. The highest BCUT2D eigenvalue weighted by atomic mass is 35.5. The summed E-state index contributed by atoms with van der Waals surface area (Å²) in [6.07, 6.45) is 5.31. The lowest BCUT2D eigenvalue weighted by atomic mass is 10.2. The second kappa shape index (κ2) is 8.95. The van der Waals surface area contributed by atoms with Crippen LogP contribution < -0.4 is 10.6 Å². The average molecular weight is 386 g/mol. The Hall–Kier alpha value is -3.19. The number of anilines is 1. The SMILES string of the molecule is O=C(NC=Nc1ccc(F)cc1NCCc1cnc[nH]1)c1cccc(Cl)c1. The molecule has 2 aromatic carbocycles. The second-order valence-electron chi connectivity index (χ2n) is 5.66. The monoisotopic (exact) mass is 385 g/mol. The first-order valence-corrected chi connectivity index (χ1v) is 8.59. The van der Waals surface area contributed by atoms with Crippen molar-refractivity contribution in [1.29, 1.82) is 0 Å². The molecule has 0 saturated carbocycles. The minimum Gasteiger partial charge on any atom is -0.383 e. The number of aromatic nitrogens is 2. The van der Waals surface area contributed by atoms with Crippen LogP contribution in [0.4, 0.5) is 15.8 Å². The summed E-state index contributed by atoms with van der Waals surface area (Å²) < 4.78 is 13.6. The molecule has 0 bridgehead atoms. The minimum absolute atomic E-state index is 0.336. The predicted molar refractivity (Wildman–Crippen MR) is 104 cm³/mol. The molecule has 1 aromatic heterocycles. The lowest BCUT2D eigenvalue weighted by Crippen LogP contribution is -2.21. The van der Waals surface area contributed by atoms with Crippen LogP contribution in [-0.4, -0.2) is 28.8 Å². The Bertz CT molecular complexity index is 943. The maximum atomic E-state index is 13.6. The first-order valence-electron chi connectivity index (χ1n) is 8.21. The molecule has 8 heteroatoms. The van der Waals surface area contributed by atoms with Crippen LogP contribution >= 0.6 is 11.6 Å². The molecular formula is C19H17ClFN5O. The van der Waals surface area contributed by atoms with E-state index in [2.05, 4.69) is 25.6 Å². The fourth-order valence-electron chi connectivity index (χ4n) is 2.39. The van der Waals surface area contributed by atoms with Gasteiger partial charge in [-0.15, -0.1) is 0 Å². The standard InChI is InChI=1S/C19H17ClFN5O/c20-14-3-1-2-13(8-14)19(27)26-12-25-17-5-4-15(21)9-18(17)23-7-6-16-10-22-11-24-16/h1-5,8-12,23H,6-7H2,(H,22,24)(H,25,26,27). The summed E-state index contributed by atoms with van der Waals surface area (Å²) in [5.41, 5.74) is 2.43. The van der Waals surface area contributed by atoms with Crippen molar-refractivity contribution < 1.29 is 9.18 Å². The molecule has 0 radical (unpaired) electrons. The molecular weight excluding hydrogens is 369 g/mol. The molecule has 3 N–H and O–H groups in total. The van der Waals surface area contributed by atoms with Crippen molar-refractivity contribution >= 4 is 35.2 Å². The number of halogens is 2. The molecule has 27 heavy (non-hydrogen) atoms. The van der Waals surface area contributed by atoms with Gasteiger partial charge in [0.05, 0.1) is 24.0 Å². The molecule has 1 heterocycles. The molecule has 0 aliphatic carbocycles. The van der Waals surface area contributed by atoms with Gasteiger partial charge in [0.25, 0.3) is 5.91 Å². The molecule has 0 fully saturated rings. The van der Waals surface area contributed by atoms with E-state index < -0.39 is 0 Å². The van der Waals surface area contributed by atoms with Crippen LogP contribution in [0.25, 0.3) is 0 Å². The van der Waals surface area contributed by atoms with Crippen LogP contribution in [0.1, 0.15) is 16.1 Å². The number of nitrogens with one attached hydrogen (secondary N) is 3. The molecule has 0 unspecified atom stereocenters. The van der Waals surface area contributed by atoms with Gasteiger partial charge in [-0.1, -0.05) is 17.7 Å². The number of hydrogen-bond acceptors (Lipinski definition) is 4. The van der Waals surface area contributed by atoms with Gasteiger partial charge in [-0.3, -0.25) is 4.79 Å². The zero-order valence-electron chi connectivity index (χ0n) is 14.2. The van der Waals surface area contributed by atoms with Gasteiger partial charge in [0.15, 0.2) is 0 Å². The van der Waals surface area contributed by atoms with E-state index in [9.17, 15) is 9.18 Å². The zero-order chi connectivity index (χ0) is 19.1. The predicted octanol–water partition coefficient (Wildman–Crippen LogP) is 3.95. The van der Waals surface area contributed by atoms with Crippen LogP contribution in [-0.2, 0) is 6.42 Å². The molecule has 3 aromatic rings. The number of imidazole rings is 1. The Morgan fingerprint density at radius 2 is 2.19 bits per heavy atom. The van der Waals surface area contributed by atoms with Crippen LogP contribution in [0.2, 0.25) is 5.02 Å². The van der Waals surface area contributed by atoms with Crippen molar-refractivity contribution in [3.8, 4) is 0 Å². The van der Waals surface area contributed by atoms with Gasteiger partial charge in [-0.05, 0) is 36.4 Å². The smallest absolute Gasteiger partial charge is 0.256 e. The Labute approximate surface area is 160 Å². The summed E-state index contributed by atoms with van der Waals surface area (Å²) in [6, 6.07) is 10.8. The number of rotatable bonds is 7. The van der Waals surface area contributed by atoms with Gasteiger partial charge in [-0.25, -0.2) is 14.4 Å². The Kier molecular flexibility index (Phi) is 6.17. The van der Waals surface area contributed by atoms with Crippen LogP contribution in [0.3, 0.4) is 0 Å². The van der Waals surface area contributed by atoms with Crippen LogP contribution in [0, 0.1) is 5.82 Å². The minimum atomic E-state index is -0.374. The summed E-state index contributed by atoms with van der Waals surface area (Å²) in [6.45, 7) is 0.572. The topological polar surface area (TPSA) is 82.2 Å². The van der Waals surface area contributed by atoms with Gasteiger partial charge in [-0.2, -0.15) is 0 Å². The maximum absolute atomic E-state index is 13.6. The number of H-pyrrole nitrogens is 1. The Balaban J connectivity index is 1.63. The van der Waals surface area contributed by atoms with Crippen molar-refractivity contribution in [2.75, 3.05) is 11.9 Å². The van der Waals surface area contributed by atoms with E-state index in [0.29, 0.717) is 34.9 Å². The summed E-state index contributed by atoms with van der Waals surface area (Å²) in [4.78, 5) is 23.3. The van der Waals surface area contributed by atoms with E-state index in [-0.39, 0.29) is 11.7 Å². The van der Waals surface area contributed by atoms with E-state index in [1.165, 1.54) is 24.5 Å². The lowest BCUT2D eigenvalue weighted by molar-refractivity contribution is 0.0978. The first-order chi connectivity index (χ1) is 13.1. The molecule has 0 aliphatic heterocycles. The molecule has 6 nitrogen and oxygen atoms in total. The van der Waals surface area contributed by atoms with Crippen molar-refractivity contribution in [2.45, 2.75) is 6.42 Å². The number of carbonyl (C=O) groups excluding carboxylic acids is 1. The fraction of sp³-hybridized carbons (Fsp3) is 0.105. The molecule has 3 rings (SSSR count). The fourth-order valence-corrected chi connectivity index (χ4v) is 2.58. The molecule has 0 atom stereocenters. The average Bonchev–Trinajstić information content (AvgIpc) is 3.17. The van der Waals surface area contributed by atoms with E-state index in [1.54, 1.807) is 36.8 Å². The van der Waals surface area contributed by atoms with Crippen LogP contribution in [0.5, 0.6) is 0 Å². The summed E-state index contributed by atoms with van der Waals surface area (Å²) in [7, 11) is 0. The molecule has 0 spiro atoms. The maximum Gasteiger partial charge on any atom is 0.256 e. The highest BCUT2D eigenvalue weighted by Crippen LogP contribution is 2.25. The van der Waals surface area contributed by atoms with Crippen LogP contribution in [0.15, 0.2) is 60.0 Å². The number of benzene rings is 2. The quantitative estimate of drug-likeness (QED) is 0.425. The third kappa shape index (κ3) is 5.39. The lowest BCUT2D eigenvalue weighted by Gasteiger charge is -2.09. The molecule has 1 amide bonds. The highest BCUT2D eigenvalue weighted by molar-refractivity contribution is 6.31. The van der Waals surface area contributed by atoms with Gasteiger partial charge in [0.2, 0.25) is 0 Å². The van der Waals surface area contributed by atoms with Crippen molar-refractivity contribution in [2.24, 2.45) is 4.99 Å². The van der Waals surface area contributed by atoms with Gasteiger partial charge >= 0.3 is 0 Å². The van der Waals surface area contributed by atoms with E-state index in [1.807, 2.05) is 0 Å². The number of carbonyl (C=O) groups is 1.